The summed E-state index contributed by atoms with van der Waals surface area (Å²) in [6.07, 6.45) is 0.163. The van der Waals surface area contributed by atoms with Crippen LogP contribution in [0.5, 0.6) is 5.75 Å². The Kier molecular flexibility index (Phi) is 4.91. The summed E-state index contributed by atoms with van der Waals surface area (Å²) in [5.74, 6) is 0.191. The number of halogens is 1. The molecule has 0 amide bonds. The van der Waals surface area contributed by atoms with Crippen LogP contribution in [0.4, 0.5) is 4.39 Å². The van der Waals surface area contributed by atoms with Gasteiger partial charge in [0.15, 0.2) is 0 Å². The molecule has 0 fully saturated rings. The van der Waals surface area contributed by atoms with Crippen molar-refractivity contribution in [1.29, 1.82) is 5.26 Å². The van der Waals surface area contributed by atoms with Gasteiger partial charge in [0, 0.05) is 5.56 Å². The molecule has 0 aromatic heterocycles. The van der Waals surface area contributed by atoms with Crippen LogP contribution in [-0.2, 0) is 6.61 Å². The average Bonchev–Trinajstić information content (AvgIpc) is 2.54. The third kappa shape index (κ3) is 3.80. The fourth-order valence-electron chi connectivity index (χ4n) is 1.94. The van der Waals surface area contributed by atoms with Crippen molar-refractivity contribution in [3.05, 3.63) is 65.0 Å². The summed E-state index contributed by atoms with van der Waals surface area (Å²) in [6.45, 7) is 1.96. The topological polar surface area (TPSA) is 53.2 Å². The molecule has 0 bridgehead atoms. The van der Waals surface area contributed by atoms with Crippen molar-refractivity contribution >= 4 is 0 Å². The molecule has 108 valence electrons. The summed E-state index contributed by atoms with van der Waals surface area (Å²) in [4.78, 5) is 0. The molecule has 2 aromatic rings. The minimum atomic E-state index is -0.483. The molecule has 0 spiro atoms. The van der Waals surface area contributed by atoms with Crippen molar-refractivity contribution in [2.45, 2.75) is 26.1 Å². The number of rotatable bonds is 5. The van der Waals surface area contributed by atoms with Gasteiger partial charge in [-0.3, -0.25) is 0 Å². The number of nitrogens with zero attached hydrogens (tertiary/aromatic N) is 1. The van der Waals surface area contributed by atoms with Crippen LogP contribution in [0, 0.1) is 17.1 Å². The molecule has 0 saturated carbocycles. The lowest BCUT2D eigenvalue weighted by Gasteiger charge is -2.10. The van der Waals surface area contributed by atoms with Crippen molar-refractivity contribution in [3.63, 3.8) is 0 Å². The molecule has 1 atom stereocenters. The third-order valence-electron chi connectivity index (χ3n) is 3.22. The molecule has 0 aliphatic carbocycles. The highest BCUT2D eigenvalue weighted by Crippen LogP contribution is 2.21. The van der Waals surface area contributed by atoms with Crippen molar-refractivity contribution in [3.8, 4) is 11.8 Å². The summed E-state index contributed by atoms with van der Waals surface area (Å²) in [7, 11) is 0. The van der Waals surface area contributed by atoms with E-state index in [1.165, 1.54) is 18.2 Å². The predicted octanol–water partition coefficient (Wildman–Crippen LogP) is 3.72. The lowest BCUT2D eigenvalue weighted by molar-refractivity contribution is 0.173. The number of ether oxygens (including phenoxy) is 1. The predicted molar refractivity (Wildman–Crippen MR) is 77.1 cm³/mol. The van der Waals surface area contributed by atoms with Crippen LogP contribution in [0.15, 0.2) is 42.5 Å². The Hall–Kier alpha value is -2.38. The normalized spacial score (nSPS) is 11.7. The van der Waals surface area contributed by atoms with Gasteiger partial charge in [-0.05, 0) is 42.3 Å². The summed E-state index contributed by atoms with van der Waals surface area (Å²) in [6, 6.07) is 13.2. The second-order valence-corrected chi connectivity index (χ2v) is 4.70. The molecule has 3 nitrogen and oxygen atoms in total. The van der Waals surface area contributed by atoms with Crippen LogP contribution >= 0.6 is 0 Å². The molecule has 2 rings (SSSR count). The van der Waals surface area contributed by atoms with Crippen LogP contribution in [0.3, 0.4) is 0 Å². The molecule has 21 heavy (non-hydrogen) atoms. The van der Waals surface area contributed by atoms with Gasteiger partial charge in [-0.25, -0.2) is 4.39 Å². The summed E-state index contributed by atoms with van der Waals surface area (Å²) in [5.41, 5.74) is 1.56. The lowest BCUT2D eigenvalue weighted by atomic mass is 10.1. The molecular weight excluding hydrogens is 269 g/mol. The highest BCUT2D eigenvalue weighted by Gasteiger charge is 2.07. The molecule has 4 heteroatoms. The number of hydrogen-bond donors (Lipinski definition) is 1. The highest BCUT2D eigenvalue weighted by atomic mass is 19.1. The maximum absolute atomic E-state index is 13.6. The van der Waals surface area contributed by atoms with Gasteiger partial charge in [0.25, 0.3) is 0 Å². The van der Waals surface area contributed by atoms with Crippen molar-refractivity contribution in [1.82, 2.24) is 0 Å². The zero-order chi connectivity index (χ0) is 15.2. The molecule has 0 aliphatic heterocycles. The van der Waals surface area contributed by atoms with Crippen molar-refractivity contribution in [2.75, 3.05) is 0 Å². The second-order valence-electron chi connectivity index (χ2n) is 4.70. The van der Waals surface area contributed by atoms with Gasteiger partial charge in [-0.2, -0.15) is 5.26 Å². The van der Waals surface area contributed by atoms with Crippen molar-refractivity contribution < 1.29 is 14.2 Å². The van der Waals surface area contributed by atoms with E-state index in [0.29, 0.717) is 23.3 Å². The van der Waals surface area contributed by atoms with E-state index < -0.39 is 11.9 Å². The Labute approximate surface area is 123 Å². The number of aliphatic hydroxyl groups excluding tert-OH is 1. The first-order chi connectivity index (χ1) is 10.1. The Balaban J connectivity index is 2.05. The number of hydrogen-bond acceptors (Lipinski definition) is 3. The molecule has 0 heterocycles. The van der Waals surface area contributed by atoms with E-state index >= 15 is 0 Å². The maximum atomic E-state index is 13.6. The van der Waals surface area contributed by atoms with Crippen LogP contribution in [0.1, 0.15) is 36.1 Å². The minimum Gasteiger partial charge on any atom is -0.489 e. The van der Waals surface area contributed by atoms with E-state index in [1.807, 2.05) is 13.0 Å². The van der Waals surface area contributed by atoms with Gasteiger partial charge in [0.1, 0.15) is 18.2 Å². The third-order valence-corrected chi connectivity index (χ3v) is 3.22. The molecule has 0 radical (unpaired) electrons. The molecule has 0 unspecified atom stereocenters. The Morgan fingerprint density at radius 3 is 2.57 bits per heavy atom. The van der Waals surface area contributed by atoms with E-state index in [-0.39, 0.29) is 6.61 Å². The average molecular weight is 285 g/mol. The van der Waals surface area contributed by atoms with E-state index in [4.69, 9.17) is 10.00 Å². The summed E-state index contributed by atoms with van der Waals surface area (Å²) >= 11 is 0. The fraction of sp³-hybridized carbons (Fsp3) is 0.235. The fourth-order valence-corrected chi connectivity index (χ4v) is 1.94. The zero-order valence-corrected chi connectivity index (χ0v) is 11.7. The molecule has 0 saturated heterocycles. The van der Waals surface area contributed by atoms with Crippen LogP contribution in [-0.4, -0.2) is 5.11 Å². The first-order valence-corrected chi connectivity index (χ1v) is 6.73. The van der Waals surface area contributed by atoms with Gasteiger partial charge in [-0.15, -0.1) is 0 Å². The van der Waals surface area contributed by atoms with Crippen LogP contribution < -0.4 is 4.74 Å². The first-order valence-electron chi connectivity index (χ1n) is 6.73. The Bertz CT molecular complexity index is 647. The summed E-state index contributed by atoms with van der Waals surface area (Å²) < 4.78 is 19.1. The number of aliphatic hydroxyl groups is 1. The van der Waals surface area contributed by atoms with Crippen LogP contribution in [0.25, 0.3) is 0 Å². The monoisotopic (exact) mass is 285 g/mol. The van der Waals surface area contributed by atoms with E-state index in [2.05, 4.69) is 0 Å². The largest absolute Gasteiger partial charge is 0.489 e. The van der Waals surface area contributed by atoms with Gasteiger partial charge in [0.2, 0.25) is 0 Å². The van der Waals surface area contributed by atoms with E-state index in [1.54, 1.807) is 24.3 Å². The molecule has 2 aromatic carbocycles. The Morgan fingerprint density at radius 2 is 1.95 bits per heavy atom. The van der Waals surface area contributed by atoms with Gasteiger partial charge in [-0.1, -0.05) is 19.1 Å². The molecule has 0 aliphatic rings. The van der Waals surface area contributed by atoms with Gasteiger partial charge in [0.05, 0.1) is 17.7 Å². The quantitative estimate of drug-likeness (QED) is 0.911. The first kappa shape index (κ1) is 15.0. The number of benzene rings is 2. The van der Waals surface area contributed by atoms with E-state index in [9.17, 15) is 9.50 Å². The zero-order valence-electron chi connectivity index (χ0n) is 11.7. The van der Waals surface area contributed by atoms with Gasteiger partial charge >= 0.3 is 0 Å². The van der Waals surface area contributed by atoms with Crippen molar-refractivity contribution in [2.24, 2.45) is 0 Å². The number of nitriles is 1. The Morgan fingerprint density at radius 1 is 1.24 bits per heavy atom. The van der Waals surface area contributed by atoms with E-state index in [0.717, 1.165) is 5.56 Å². The van der Waals surface area contributed by atoms with Gasteiger partial charge < -0.3 is 9.84 Å². The highest BCUT2D eigenvalue weighted by molar-refractivity contribution is 5.34. The smallest absolute Gasteiger partial charge is 0.129 e. The van der Waals surface area contributed by atoms with Crippen LogP contribution in [0.2, 0.25) is 0 Å². The standard InChI is InChI=1S/C17H16FNO2/c1-2-17(20)13-4-6-15(7-5-13)21-11-14-9-12(10-19)3-8-16(14)18/h3-9,17,20H,2,11H2,1H3/t17-/m0/s1. The molecule has 1 N–H and O–H groups in total. The SMILES string of the molecule is CC[C@H](O)c1ccc(OCc2cc(C#N)ccc2F)cc1. The lowest BCUT2D eigenvalue weighted by Crippen LogP contribution is -2.00. The minimum absolute atomic E-state index is 0.0526. The summed E-state index contributed by atoms with van der Waals surface area (Å²) in [5, 5.41) is 18.5. The second kappa shape index (κ2) is 6.87. The maximum Gasteiger partial charge on any atom is 0.129 e. The molecular formula is C17H16FNO2.